The highest BCUT2D eigenvalue weighted by molar-refractivity contribution is 5.96. The summed E-state index contributed by atoms with van der Waals surface area (Å²) in [5, 5.41) is 4.91. The Balaban J connectivity index is 1.41. The maximum absolute atomic E-state index is 12.9. The minimum absolute atomic E-state index is 0.269. The number of imide groups is 1. The van der Waals surface area contributed by atoms with Gasteiger partial charge in [-0.3, -0.25) is 10.1 Å². The summed E-state index contributed by atoms with van der Waals surface area (Å²) in [5.74, 6) is 1.34. The number of ether oxygens (including phenoxy) is 2. The molecule has 0 aliphatic carbocycles. The molecule has 4 rings (SSSR count). The van der Waals surface area contributed by atoms with E-state index in [1.165, 1.54) is 22.4 Å². The topological polar surface area (TPSA) is 85.5 Å². The molecule has 1 fully saturated rings. The average molecular weight is 412 g/mol. The Morgan fingerprint density at radius 3 is 2.47 bits per heavy atom. The summed E-state index contributed by atoms with van der Waals surface area (Å²) in [6, 6.07) is 14.9. The van der Waals surface area contributed by atoms with Crippen LogP contribution in [0, 0.1) is 0 Å². The summed E-state index contributed by atoms with van der Waals surface area (Å²) >= 11 is 0. The van der Waals surface area contributed by atoms with Crippen LogP contribution in [-0.2, 0) is 11.3 Å². The Labute approximate surface area is 175 Å². The molecule has 1 atom stereocenters. The van der Waals surface area contributed by atoms with Crippen LogP contribution >= 0.6 is 0 Å². The van der Waals surface area contributed by atoms with Crippen LogP contribution < -0.4 is 29.9 Å². The number of carbonyl (C=O) groups excluding carboxylic acids is 2. The highest BCUT2D eigenvalue weighted by Gasteiger charge is 2.36. The number of nitrogens with one attached hydrogen (secondary N) is 4. The molecule has 3 amide bonds. The van der Waals surface area contributed by atoms with Gasteiger partial charge < -0.3 is 24.6 Å². The molecule has 1 saturated heterocycles. The van der Waals surface area contributed by atoms with E-state index in [9.17, 15) is 9.59 Å². The molecule has 2 heterocycles. The van der Waals surface area contributed by atoms with Crippen LogP contribution in [0.4, 0.5) is 4.79 Å². The monoisotopic (exact) mass is 412 g/mol. The number of urea groups is 1. The van der Waals surface area contributed by atoms with Gasteiger partial charge in [0.05, 0.1) is 0 Å². The SMILES string of the molecule is CNC(=O)NC(=O)[C@H](c1ccccc1)[NH+]1CC[NH+](Cc2ccc3c(c2)OCO3)CC1. The zero-order valence-corrected chi connectivity index (χ0v) is 17.1. The summed E-state index contributed by atoms with van der Waals surface area (Å²) in [6.45, 7) is 4.78. The van der Waals surface area contributed by atoms with E-state index in [0.29, 0.717) is 0 Å². The molecular formula is C22H28N4O4+2. The fraction of sp³-hybridized carbons (Fsp3) is 0.364. The lowest BCUT2D eigenvalue weighted by molar-refractivity contribution is -1.03. The van der Waals surface area contributed by atoms with Crippen molar-refractivity contribution in [2.24, 2.45) is 0 Å². The van der Waals surface area contributed by atoms with Gasteiger partial charge >= 0.3 is 6.03 Å². The number of hydrogen-bond acceptors (Lipinski definition) is 4. The van der Waals surface area contributed by atoms with Gasteiger partial charge in [0, 0.05) is 18.2 Å². The standard InChI is InChI=1S/C22H26N4O4/c1-23-22(28)24-21(27)20(17-5-3-2-4-6-17)26-11-9-25(10-12-26)14-16-7-8-18-19(13-16)30-15-29-18/h2-8,13,20H,9-12,14-15H2,1H3,(H2,23,24,27,28)/p+2/t20-/m0/s1. The summed E-state index contributed by atoms with van der Waals surface area (Å²) in [7, 11) is 1.51. The van der Waals surface area contributed by atoms with Gasteiger partial charge in [0.1, 0.15) is 32.7 Å². The van der Waals surface area contributed by atoms with E-state index in [1.54, 1.807) is 0 Å². The summed E-state index contributed by atoms with van der Waals surface area (Å²) < 4.78 is 10.9. The second-order valence-electron chi connectivity index (χ2n) is 7.68. The number of amides is 3. The molecule has 2 aromatic carbocycles. The van der Waals surface area contributed by atoms with Gasteiger partial charge in [-0.05, 0) is 18.2 Å². The van der Waals surface area contributed by atoms with Gasteiger partial charge in [0.15, 0.2) is 17.5 Å². The minimum Gasteiger partial charge on any atom is -0.454 e. The van der Waals surface area contributed by atoms with Crippen molar-refractivity contribution in [2.45, 2.75) is 12.6 Å². The molecule has 8 heteroatoms. The van der Waals surface area contributed by atoms with E-state index in [2.05, 4.69) is 22.8 Å². The van der Waals surface area contributed by atoms with Crippen molar-refractivity contribution in [1.29, 1.82) is 0 Å². The van der Waals surface area contributed by atoms with E-state index in [1.807, 2.05) is 36.4 Å². The molecule has 2 aromatic rings. The Hall–Kier alpha value is -3.10. The lowest BCUT2D eigenvalue weighted by atomic mass is 10.0. The number of fused-ring (bicyclic) bond motifs is 1. The first-order chi connectivity index (χ1) is 14.6. The van der Waals surface area contributed by atoms with Gasteiger partial charge in [-0.1, -0.05) is 30.3 Å². The second kappa shape index (κ2) is 9.15. The maximum Gasteiger partial charge on any atom is 0.321 e. The maximum atomic E-state index is 12.9. The Bertz CT molecular complexity index is 897. The molecule has 0 spiro atoms. The quantitative estimate of drug-likeness (QED) is 0.502. The molecule has 0 saturated carbocycles. The third kappa shape index (κ3) is 4.55. The van der Waals surface area contributed by atoms with Crippen LogP contribution in [0.2, 0.25) is 0 Å². The number of carbonyl (C=O) groups is 2. The first-order valence-electron chi connectivity index (χ1n) is 10.3. The average Bonchev–Trinajstić information content (AvgIpc) is 3.24. The lowest BCUT2D eigenvalue weighted by Gasteiger charge is -2.34. The van der Waals surface area contributed by atoms with Crippen molar-refractivity contribution in [3.05, 3.63) is 59.7 Å². The van der Waals surface area contributed by atoms with Crippen LogP contribution in [0.25, 0.3) is 0 Å². The first-order valence-corrected chi connectivity index (χ1v) is 10.3. The molecule has 2 aliphatic heterocycles. The third-order valence-electron chi connectivity index (χ3n) is 5.76. The molecular weight excluding hydrogens is 384 g/mol. The Morgan fingerprint density at radius 2 is 1.73 bits per heavy atom. The van der Waals surface area contributed by atoms with Crippen LogP contribution in [0.3, 0.4) is 0 Å². The fourth-order valence-electron chi connectivity index (χ4n) is 4.19. The second-order valence-corrected chi connectivity index (χ2v) is 7.68. The molecule has 0 radical (unpaired) electrons. The fourth-order valence-corrected chi connectivity index (χ4v) is 4.19. The zero-order valence-electron chi connectivity index (χ0n) is 17.1. The number of rotatable bonds is 5. The molecule has 4 N–H and O–H groups in total. The number of piperazine rings is 1. The minimum atomic E-state index is -0.479. The predicted octanol–water partition coefficient (Wildman–Crippen LogP) is -1.10. The van der Waals surface area contributed by atoms with Gasteiger partial charge in [-0.15, -0.1) is 0 Å². The normalized spacial score (nSPS) is 21.0. The van der Waals surface area contributed by atoms with Crippen molar-refractivity contribution < 1.29 is 28.9 Å². The van der Waals surface area contributed by atoms with Crippen molar-refractivity contribution in [3.8, 4) is 11.5 Å². The van der Waals surface area contributed by atoms with Crippen molar-refractivity contribution in [3.63, 3.8) is 0 Å². The van der Waals surface area contributed by atoms with E-state index >= 15 is 0 Å². The lowest BCUT2D eigenvalue weighted by Crippen LogP contribution is -3.28. The highest BCUT2D eigenvalue weighted by atomic mass is 16.7. The molecule has 30 heavy (non-hydrogen) atoms. The van der Waals surface area contributed by atoms with Crippen LogP contribution in [0.1, 0.15) is 17.2 Å². The Kier molecular flexibility index (Phi) is 6.15. The Morgan fingerprint density at radius 1 is 1.00 bits per heavy atom. The first kappa shape index (κ1) is 20.2. The third-order valence-corrected chi connectivity index (χ3v) is 5.76. The van der Waals surface area contributed by atoms with Gasteiger partial charge in [0.25, 0.3) is 5.91 Å². The van der Waals surface area contributed by atoms with Gasteiger partial charge in [0.2, 0.25) is 6.79 Å². The molecule has 0 aromatic heterocycles. The van der Waals surface area contributed by atoms with E-state index in [-0.39, 0.29) is 12.7 Å². The highest BCUT2D eigenvalue weighted by Crippen LogP contribution is 2.32. The summed E-state index contributed by atoms with van der Waals surface area (Å²) in [5.41, 5.74) is 2.14. The molecule has 2 aliphatic rings. The van der Waals surface area contributed by atoms with E-state index in [0.717, 1.165) is 49.8 Å². The smallest absolute Gasteiger partial charge is 0.321 e. The predicted molar refractivity (Wildman–Crippen MR) is 109 cm³/mol. The van der Waals surface area contributed by atoms with Crippen molar-refractivity contribution in [2.75, 3.05) is 40.0 Å². The zero-order chi connectivity index (χ0) is 20.9. The van der Waals surface area contributed by atoms with E-state index in [4.69, 9.17) is 9.47 Å². The molecule has 158 valence electrons. The van der Waals surface area contributed by atoms with Gasteiger partial charge in [-0.2, -0.15) is 0 Å². The number of quaternary nitrogens is 2. The van der Waals surface area contributed by atoms with Gasteiger partial charge in [-0.25, -0.2) is 4.79 Å². The van der Waals surface area contributed by atoms with Crippen LogP contribution in [0.15, 0.2) is 48.5 Å². The summed E-state index contributed by atoms with van der Waals surface area (Å²) in [6.07, 6.45) is 0. The molecule has 0 bridgehead atoms. The van der Waals surface area contributed by atoms with Crippen LogP contribution in [0.5, 0.6) is 11.5 Å². The number of hydrogen-bond donors (Lipinski definition) is 4. The van der Waals surface area contributed by atoms with E-state index < -0.39 is 12.1 Å². The summed E-state index contributed by atoms with van der Waals surface area (Å²) in [4.78, 5) is 27.2. The number of benzene rings is 2. The molecule has 0 unspecified atom stereocenters. The van der Waals surface area contributed by atoms with Crippen molar-refractivity contribution in [1.82, 2.24) is 10.6 Å². The largest absolute Gasteiger partial charge is 0.454 e. The van der Waals surface area contributed by atoms with Crippen molar-refractivity contribution >= 4 is 11.9 Å². The molecule has 8 nitrogen and oxygen atoms in total. The van der Waals surface area contributed by atoms with Crippen LogP contribution in [-0.4, -0.2) is 52.0 Å².